The first-order valence-electron chi connectivity index (χ1n) is 6.90. The number of benzene rings is 2. The zero-order chi connectivity index (χ0) is 18.0. The van der Waals surface area contributed by atoms with Crippen LogP contribution in [-0.4, -0.2) is 35.2 Å². The lowest BCUT2D eigenvalue weighted by Crippen LogP contribution is -2.24. The molecule has 9 heteroatoms. The van der Waals surface area contributed by atoms with E-state index in [9.17, 15) is 21.2 Å². The molecular weight excluding hydrogens is 355 g/mol. The Morgan fingerprint density at radius 2 is 1.46 bits per heavy atom. The Morgan fingerprint density at radius 3 is 2.00 bits per heavy atom. The van der Waals surface area contributed by atoms with Crippen LogP contribution in [0.1, 0.15) is 5.56 Å². The van der Waals surface area contributed by atoms with E-state index in [1.54, 1.807) is 6.07 Å². The van der Waals surface area contributed by atoms with Crippen LogP contribution in [0.5, 0.6) is 0 Å². The molecule has 0 aliphatic rings. The zero-order valence-electron chi connectivity index (χ0n) is 13.1. The highest BCUT2D eigenvalue weighted by Gasteiger charge is 2.19. The van der Waals surface area contributed by atoms with Crippen molar-refractivity contribution in [2.45, 2.75) is 16.3 Å². The van der Waals surface area contributed by atoms with Gasteiger partial charge in [0.05, 0.1) is 9.79 Å². The number of rotatable bonds is 6. The van der Waals surface area contributed by atoms with Crippen LogP contribution < -0.4 is 4.72 Å². The van der Waals surface area contributed by atoms with Gasteiger partial charge in [-0.15, -0.1) is 0 Å². The first-order chi connectivity index (χ1) is 11.1. The lowest BCUT2D eigenvalue weighted by molar-refractivity contribution is 0.520. The van der Waals surface area contributed by atoms with Gasteiger partial charge in [-0.2, -0.15) is 0 Å². The molecule has 0 fully saturated rings. The molecule has 6 nitrogen and oxygen atoms in total. The first kappa shape index (κ1) is 18.5. The molecule has 24 heavy (non-hydrogen) atoms. The molecule has 0 atom stereocenters. The summed E-state index contributed by atoms with van der Waals surface area (Å²) < 4.78 is 65.2. The van der Waals surface area contributed by atoms with Crippen molar-refractivity contribution in [3.05, 3.63) is 59.9 Å². The molecule has 0 unspecified atom stereocenters. The maximum atomic E-state index is 13.5. The summed E-state index contributed by atoms with van der Waals surface area (Å²) in [6.07, 6.45) is 0. The number of nitrogens with one attached hydrogen (secondary N) is 1. The Labute approximate surface area is 141 Å². The molecule has 1 N–H and O–H groups in total. The van der Waals surface area contributed by atoms with Crippen molar-refractivity contribution >= 4 is 20.0 Å². The van der Waals surface area contributed by atoms with Gasteiger partial charge in [0, 0.05) is 26.2 Å². The fourth-order valence-electron chi connectivity index (χ4n) is 1.90. The third-order valence-corrected chi connectivity index (χ3v) is 6.57. The molecule has 2 aromatic rings. The second-order valence-electron chi connectivity index (χ2n) is 5.17. The lowest BCUT2D eigenvalue weighted by Gasteiger charge is -2.12. The minimum atomic E-state index is -3.88. The number of hydrogen-bond donors (Lipinski definition) is 1. The average molecular weight is 372 g/mol. The van der Waals surface area contributed by atoms with Gasteiger partial charge in [-0.1, -0.05) is 18.2 Å². The van der Waals surface area contributed by atoms with Gasteiger partial charge in [0.25, 0.3) is 0 Å². The lowest BCUT2D eigenvalue weighted by atomic mass is 10.2. The largest absolute Gasteiger partial charge is 0.242 e. The maximum Gasteiger partial charge on any atom is 0.242 e. The van der Waals surface area contributed by atoms with Crippen LogP contribution in [0.4, 0.5) is 4.39 Å². The van der Waals surface area contributed by atoms with E-state index in [1.165, 1.54) is 56.6 Å². The molecular formula is C15H17FN2O4S2. The SMILES string of the molecule is CN(C)S(=O)(=O)c1ccc(S(=O)(=O)NCc2ccccc2F)cc1. The van der Waals surface area contributed by atoms with E-state index in [1.807, 2.05) is 0 Å². The first-order valence-corrected chi connectivity index (χ1v) is 9.82. The summed E-state index contributed by atoms with van der Waals surface area (Å²) in [5, 5.41) is 0. The monoisotopic (exact) mass is 372 g/mol. The van der Waals surface area contributed by atoms with Crippen LogP contribution in [0.25, 0.3) is 0 Å². The summed E-state index contributed by atoms with van der Waals surface area (Å²) >= 11 is 0. The van der Waals surface area contributed by atoms with Crippen molar-refractivity contribution in [1.29, 1.82) is 0 Å². The van der Waals surface area contributed by atoms with Crippen molar-refractivity contribution in [2.75, 3.05) is 14.1 Å². The molecule has 2 rings (SSSR count). The molecule has 0 saturated heterocycles. The molecule has 0 aromatic heterocycles. The Kier molecular flexibility index (Phi) is 5.38. The second kappa shape index (κ2) is 6.98. The number of hydrogen-bond acceptors (Lipinski definition) is 4. The zero-order valence-corrected chi connectivity index (χ0v) is 14.7. The van der Waals surface area contributed by atoms with Crippen LogP contribution in [0, 0.1) is 5.82 Å². The van der Waals surface area contributed by atoms with E-state index in [0.29, 0.717) is 0 Å². The van der Waals surface area contributed by atoms with Gasteiger partial charge in [0.2, 0.25) is 20.0 Å². The molecule has 2 aromatic carbocycles. The third kappa shape index (κ3) is 3.99. The van der Waals surface area contributed by atoms with Gasteiger partial charge in [0.15, 0.2) is 0 Å². The van der Waals surface area contributed by atoms with Gasteiger partial charge in [-0.05, 0) is 30.3 Å². The topological polar surface area (TPSA) is 83.6 Å². The van der Waals surface area contributed by atoms with E-state index in [-0.39, 0.29) is 21.9 Å². The van der Waals surface area contributed by atoms with Crippen LogP contribution in [0.2, 0.25) is 0 Å². The summed E-state index contributed by atoms with van der Waals surface area (Å²) in [5.74, 6) is -0.507. The molecule has 0 radical (unpaired) electrons. The summed E-state index contributed by atoms with van der Waals surface area (Å²) in [6.45, 7) is -0.202. The van der Waals surface area contributed by atoms with Crippen molar-refractivity contribution in [2.24, 2.45) is 0 Å². The highest BCUT2D eigenvalue weighted by Crippen LogP contribution is 2.17. The van der Waals surface area contributed by atoms with E-state index in [4.69, 9.17) is 0 Å². The third-order valence-electron chi connectivity index (χ3n) is 3.32. The fourth-order valence-corrected chi connectivity index (χ4v) is 3.81. The van der Waals surface area contributed by atoms with Crippen LogP contribution in [-0.2, 0) is 26.6 Å². The quantitative estimate of drug-likeness (QED) is 0.834. The predicted octanol–water partition coefficient (Wildman–Crippen LogP) is 1.55. The van der Waals surface area contributed by atoms with Gasteiger partial charge in [0.1, 0.15) is 5.82 Å². The van der Waals surface area contributed by atoms with E-state index >= 15 is 0 Å². The second-order valence-corrected chi connectivity index (χ2v) is 9.09. The predicted molar refractivity (Wildman–Crippen MR) is 87.7 cm³/mol. The van der Waals surface area contributed by atoms with Crippen molar-refractivity contribution in [1.82, 2.24) is 9.03 Å². The van der Waals surface area contributed by atoms with Crippen molar-refractivity contribution < 1.29 is 21.2 Å². The summed E-state index contributed by atoms with van der Waals surface area (Å²) in [6, 6.07) is 10.7. The van der Waals surface area contributed by atoms with Gasteiger partial charge >= 0.3 is 0 Å². The molecule has 0 spiro atoms. The smallest absolute Gasteiger partial charge is 0.207 e. The Morgan fingerprint density at radius 1 is 0.917 bits per heavy atom. The molecule has 0 aliphatic heterocycles. The van der Waals surface area contributed by atoms with Crippen molar-refractivity contribution in [3.8, 4) is 0 Å². The normalized spacial score (nSPS) is 12.5. The van der Waals surface area contributed by atoms with Crippen molar-refractivity contribution in [3.63, 3.8) is 0 Å². The van der Waals surface area contributed by atoms with Gasteiger partial charge < -0.3 is 0 Å². The fraction of sp³-hybridized carbons (Fsp3) is 0.200. The number of nitrogens with zero attached hydrogens (tertiary/aromatic N) is 1. The Bertz CT molecular complexity index is 924. The Hall–Kier alpha value is -1.81. The maximum absolute atomic E-state index is 13.5. The van der Waals surface area contributed by atoms with Crippen LogP contribution in [0.3, 0.4) is 0 Å². The average Bonchev–Trinajstić information content (AvgIpc) is 2.54. The van der Waals surface area contributed by atoms with E-state index < -0.39 is 25.9 Å². The summed E-state index contributed by atoms with van der Waals surface area (Å²) in [5.41, 5.74) is 0.216. The van der Waals surface area contributed by atoms with Crippen LogP contribution >= 0.6 is 0 Å². The summed E-state index contributed by atoms with van der Waals surface area (Å²) in [7, 11) is -4.74. The molecule has 130 valence electrons. The standard InChI is InChI=1S/C15H17FN2O4S2/c1-18(2)24(21,22)14-9-7-13(8-10-14)23(19,20)17-11-12-5-3-4-6-15(12)16/h3-10,17H,11H2,1-2H3. The molecule has 0 amide bonds. The Balaban J connectivity index is 2.20. The van der Waals surface area contributed by atoms with E-state index in [2.05, 4.69) is 4.72 Å². The highest BCUT2D eigenvalue weighted by atomic mass is 32.2. The molecule has 0 aliphatic carbocycles. The number of halogens is 1. The van der Waals surface area contributed by atoms with E-state index in [0.717, 1.165) is 4.31 Å². The summed E-state index contributed by atoms with van der Waals surface area (Å²) in [4.78, 5) is -0.114. The molecule has 0 saturated carbocycles. The molecule has 0 heterocycles. The molecule has 0 bridgehead atoms. The van der Waals surface area contributed by atoms with Gasteiger partial charge in [-0.25, -0.2) is 30.3 Å². The number of sulfonamides is 2. The van der Waals surface area contributed by atoms with Crippen LogP contribution in [0.15, 0.2) is 58.3 Å². The highest BCUT2D eigenvalue weighted by molar-refractivity contribution is 7.89. The minimum Gasteiger partial charge on any atom is -0.207 e. The minimum absolute atomic E-state index is 0.0134. The van der Waals surface area contributed by atoms with Gasteiger partial charge in [-0.3, -0.25) is 0 Å².